The predicted molar refractivity (Wildman–Crippen MR) is 106 cm³/mol. The van der Waals surface area contributed by atoms with Crippen molar-refractivity contribution in [3.63, 3.8) is 0 Å². The Morgan fingerprint density at radius 1 is 0.967 bits per heavy atom. The molecule has 0 aliphatic rings. The van der Waals surface area contributed by atoms with Gasteiger partial charge in [-0.3, -0.25) is 9.69 Å². The van der Waals surface area contributed by atoms with Crippen LogP contribution in [0.3, 0.4) is 0 Å². The third-order valence-corrected chi connectivity index (χ3v) is 5.45. The Morgan fingerprint density at radius 2 is 1.60 bits per heavy atom. The Bertz CT molecular complexity index is 1150. The van der Waals surface area contributed by atoms with Crippen molar-refractivity contribution in [2.24, 2.45) is 0 Å². The maximum atomic E-state index is 13.4. The highest BCUT2D eigenvalue weighted by atomic mass is 32.2. The van der Waals surface area contributed by atoms with Crippen LogP contribution in [-0.2, 0) is 22.6 Å². The smallest absolute Gasteiger partial charge is 0.288 e. The summed E-state index contributed by atoms with van der Waals surface area (Å²) < 4.78 is 63.5. The number of aromatic nitrogens is 1. The van der Waals surface area contributed by atoms with Crippen LogP contribution in [0.2, 0.25) is 0 Å². The van der Waals surface area contributed by atoms with Crippen LogP contribution in [0.25, 0.3) is 0 Å². The Hall–Kier alpha value is -3.20. The highest BCUT2D eigenvalue weighted by Crippen LogP contribution is 2.33. The summed E-state index contributed by atoms with van der Waals surface area (Å²) in [5.41, 5.74) is -1.00. The van der Waals surface area contributed by atoms with Crippen molar-refractivity contribution in [2.75, 3.05) is 11.2 Å². The molecule has 0 bridgehead atoms. The minimum atomic E-state index is -4.70. The minimum absolute atomic E-state index is 0.0912. The molecule has 0 atom stereocenters. The van der Waals surface area contributed by atoms with E-state index in [1.54, 1.807) is 12.1 Å². The summed E-state index contributed by atoms with van der Waals surface area (Å²) in [6, 6.07) is 15.1. The van der Waals surface area contributed by atoms with Gasteiger partial charge in [-0.2, -0.15) is 13.2 Å². The zero-order valence-electron chi connectivity index (χ0n) is 15.8. The number of amides is 1. The lowest BCUT2D eigenvalue weighted by Gasteiger charge is -2.23. The van der Waals surface area contributed by atoms with Crippen molar-refractivity contribution < 1.29 is 26.4 Å². The third-order valence-electron chi connectivity index (χ3n) is 4.33. The molecule has 0 N–H and O–H groups in total. The van der Waals surface area contributed by atoms with E-state index in [2.05, 4.69) is 4.98 Å². The van der Waals surface area contributed by atoms with E-state index in [9.17, 15) is 26.4 Å². The number of anilines is 1. The molecule has 0 unspecified atom stereocenters. The molecule has 3 aromatic rings. The van der Waals surface area contributed by atoms with Gasteiger partial charge >= 0.3 is 6.18 Å². The Balaban J connectivity index is 2.02. The normalized spacial score (nSPS) is 11.9. The standard InChI is InChI=1S/C21H17F3N2O3S/c1-30(28,29)16-11-9-15(10-12-16)14-26(19-8-4-5-13-25-19)20(27)17-6-2-3-7-18(17)21(22,23)24/h2-13H,14H2,1H3. The highest BCUT2D eigenvalue weighted by molar-refractivity contribution is 7.90. The second kappa shape index (κ2) is 8.27. The zero-order chi connectivity index (χ0) is 21.9. The van der Waals surface area contributed by atoms with Crippen molar-refractivity contribution in [3.8, 4) is 0 Å². The number of carbonyl (C=O) groups is 1. The lowest BCUT2D eigenvalue weighted by atomic mass is 10.1. The first-order valence-electron chi connectivity index (χ1n) is 8.75. The van der Waals surface area contributed by atoms with Crippen molar-refractivity contribution in [3.05, 3.63) is 89.6 Å². The van der Waals surface area contributed by atoms with Gasteiger partial charge < -0.3 is 0 Å². The number of halogens is 3. The van der Waals surface area contributed by atoms with Crippen LogP contribution >= 0.6 is 0 Å². The van der Waals surface area contributed by atoms with Crippen molar-refractivity contribution >= 4 is 21.6 Å². The van der Waals surface area contributed by atoms with Gasteiger partial charge in [0.1, 0.15) is 5.82 Å². The molecule has 0 spiro atoms. The molecule has 0 radical (unpaired) electrons. The maximum absolute atomic E-state index is 13.4. The molecule has 0 saturated carbocycles. The SMILES string of the molecule is CS(=O)(=O)c1ccc(CN(C(=O)c2ccccc2C(F)(F)F)c2ccccn2)cc1. The fourth-order valence-electron chi connectivity index (χ4n) is 2.86. The van der Waals surface area contributed by atoms with Gasteiger partial charge in [0.15, 0.2) is 9.84 Å². The van der Waals surface area contributed by atoms with E-state index in [4.69, 9.17) is 0 Å². The lowest BCUT2D eigenvalue weighted by Crippen LogP contribution is -2.32. The van der Waals surface area contributed by atoms with Crippen molar-refractivity contribution in [1.29, 1.82) is 0 Å². The van der Waals surface area contributed by atoms with Gasteiger partial charge in [0.25, 0.3) is 5.91 Å². The van der Waals surface area contributed by atoms with Gasteiger partial charge in [-0.1, -0.05) is 30.3 Å². The minimum Gasteiger partial charge on any atom is -0.288 e. The van der Waals surface area contributed by atoms with Gasteiger partial charge in [0, 0.05) is 12.5 Å². The highest BCUT2D eigenvalue weighted by Gasteiger charge is 2.36. The Morgan fingerprint density at radius 3 is 2.17 bits per heavy atom. The van der Waals surface area contributed by atoms with Crippen LogP contribution in [0.4, 0.5) is 19.0 Å². The number of sulfone groups is 1. The van der Waals surface area contributed by atoms with Gasteiger partial charge in [0.05, 0.1) is 22.6 Å². The summed E-state index contributed by atoms with van der Waals surface area (Å²) in [6.07, 6.45) is -2.20. The number of benzene rings is 2. The average Bonchev–Trinajstić information content (AvgIpc) is 2.71. The first-order valence-corrected chi connectivity index (χ1v) is 10.6. The van der Waals surface area contributed by atoms with E-state index in [-0.39, 0.29) is 17.3 Å². The fourth-order valence-corrected chi connectivity index (χ4v) is 3.49. The van der Waals surface area contributed by atoms with E-state index < -0.39 is 33.0 Å². The molecular weight excluding hydrogens is 417 g/mol. The fraction of sp³-hybridized carbons (Fsp3) is 0.143. The quantitative estimate of drug-likeness (QED) is 0.599. The second-order valence-corrected chi connectivity index (χ2v) is 8.55. The van der Waals surface area contributed by atoms with Crippen LogP contribution in [-0.4, -0.2) is 25.6 Å². The number of rotatable bonds is 5. The number of pyridine rings is 1. The maximum Gasteiger partial charge on any atom is 0.417 e. The monoisotopic (exact) mass is 434 g/mol. The largest absolute Gasteiger partial charge is 0.417 e. The van der Waals surface area contributed by atoms with Crippen LogP contribution in [0.5, 0.6) is 0 Å². The molecule has 0 fully saturated rings. The summed E-state index contributed by atoms with van der Waals surface area (Å²) in [5, 5.41) is 0. The lowest BCUT2D eigenvalue weighted by molar-refractivity contribution is -0.137. The summed E-state index contributed by atoms with van der Waals surface area (Å²) in [7, 11) is -3.40. The van der Waals surface area contributed by atoms with Crippen LogP contribution < -0.4 is 4.90 Å². The Labute approximate surface area is 171 Å². The summed E-state index contributed by atoms with van der Waals surface area (Å²) in [4.78, 5) is 18.5. The van der Waals surface area contributed by atoms with Gasteiger partial charge in [-0.15, -0.1) is 0 Å². The average molecular weight is 434 g/mol. The van der Waals surface area contributed by atoms with Crippen molar-refractivity contribution in [1.82, 2.24) is 4.98 Å². The van der Waals surface area contributed by atoms with Crippen molar-refractivity contribution in [2.45, 2.75) is 17.6 Å². The predicted octanol–water partition coefficient (Wildman–Crippen LogP) is 4.35. The van der Waals surface area contributed by atoms with Gasteiger partial charge in [0.2, 0.25) is 0 Å². The molecule has 1 amide bonds. The number of alkyl halides is 3. The second-order valence-electron chi connectivity index (χ2n) is 6.54. The van der Waals surface area contributed by atoms with E-state index in [1.165, 1.54) is 48.7 Å². The first-order chi connectivity index (χ1) is 14.1. The Kier molecular flexibility index (Phi) is 5.93. The van der Waals surface area contributed by atoms with Crippen LogP contribution in [0.1, 0.15) is 21.5 Å². The molecule has 0 saturated heterocycles. The van der Waals surface area contributed by atoms with E-state index in [0.717, 1.165) is 23.3 Å². The number of hydrogen-bond acceptors (Lipinski definition) is 4. The summed E-state index contributed by atoms with van der Waals surface area (Å²) >= 11 is 0. The third kappa shape index (κ3) is 4.85. The molecule has 1 heterocycles. The molecule has 0 aliphatic carbocycles. The first kappa shape index (κ1) is 21.5. The summed E-state index contributed by atoms with van der Waals surface area (Å²) in [5.74, 6) is -0.694. The van der Waals surface area contributed by atoms with Gasteiger partial charge in [-0.05, 0) is 42.0 Å². The van der Waals surface area contributed by atoms with Crippen LogP contribution in [0.15, 0.2) is 77.8 Å². The van der Waals surface area contributed by atoms with Gasteiger partial charge in [-0.25, -0.2) is 13.4 Å². The molecule has 3 rings (SSSR count). The molecular formula is C21H17F3N2O3S. The number of carbonyl (C=O) groups excluding carboxylic acids is 1. The van der Waals surface area contributed by atoms with E-state index in [1.807, 2.05) is 0 Å². The molecule has 30 heavy (non-hydrogen) atoms. The molecule has 1 aromatic heterocycles. The number of nitrogens with zero attached hydrogens (tertiary/aromatic N) is 2. The zero-order valence-corrected chi connectivity index (χ0v) is 16.6. The molecule has 0 aliphatic heterocycles. The molecule has 9 heteroatoms. The molecule has 5 nitrogen and oxygen atoms in total. The van der Waals surface area contributed by atoms with Crippen LogP contribution in [0, 0.1) is 0 Å². The topological polar surface area (TPSA) is 67.3 Å². The van der Waals surface area contributed by atoms with E-state index >= 15 is 0 Å². The molecule has 2 aromatic carbocycles. The molecule has 156 valence electrons. The summed E-state index contributed by atoms with van der Waals surface area (Å²) in [6.45, 7) is -0.0912. The number of hydrogen-bond donors (Lipinski definition) is 0. The van der Waals surface area contributed by atoms with E-state index in [0.29, 0.717) is 5.56 Å².